The number of methoxy groups -OCH3 is 1. The van der Waals surface area contributed by atoms with Crippen molar-refractivity contribution in [2.75, 3.05) is 18.2 Å². The van der Waals surface area contributed by atoms with Crippen molar-refractivity contribution in [3.63, 3.8) is 0 Å². The van der Waals surface area contributed by atoms with Crippen LogP contribution in [0.3, 0.4) is 0 Å². The minimum Gasteiger partial charge on any atom is -0.497 e. The molecule has 1 heterocycles. The first-order valence-electron chi connectivity index (χ1n) is 8.76. The van der Waals surface area contributed by atoms with Gasteiger partial charge in [-0.3, -0.25) is 4.79 Å². The number of nitrogens with zero attached hydrogens (tertiary/aromatic N) is 1. The molecule has 1 amide bonds. The van der Waals surface area contributed by atoms with Gasteiger partial charge < -0.3 is 10.1 Å². The van der Waals surface area contributed by atoms with E-state index in [9.17, 15) is 4.79 Å². The second-order valence-electron chi connectivity index (χ2n) is 6.20. The van der Waals surface area contributed by atoms with Gasteiger partial charge in [0, 0.05) is 28.4 Å². The average Bonchev–Trinajstić information content (AvgIpc) is 3.11. The molecule has 0 saturated heterocycles. The Balaban J connectivity index is 1.48. The van der Waals surface area contributed by atoms with Crippen LogP contribution in [0.1, 0.15) is 38.5 Å². The fourth-order valence-corrected chi connectivity index (χ4v) is 5.02. The lowest BCUT2D eigenvalue weighted by molar-refractivity contribution is -0.115. The van der Waals surface area contributed by atoms with Gasteiger partial charge in [-0.05, 0) is 25.0 Å². The summed E-state index contributed by atoms with van der Waals surface area (Å²) in [6.45, 7) is 0. The Morgan fingerprint density at radius 2 is 2.20 bits per heavy atom. The van der Waals surface area contributed by atoms with Crippen LogP contribution in [-0.4, -0.2) is 29.0 Å². The van der Waals surface area contributed by atoms with E-state index in [-0.39, 0.29) is 5.91 Å². The molecule has 0 atom stereocenters. The smallest absolute Gasteiger partial charge is 0.226 e. The number of hydrogen-bond acceptors (Lipinski definition) is 5. The lowest BCUT2D eigenvalue weighted by atomic mass is 10.0. The number of amides is 1. The summed E-state index contributed by atoms with van der Waals surface area (Å²) in [6.07, 6.45) is 7.23. The van der Waals surface area contributed by atoms with Gasteiger partial charge in [0.2, 0.25) is 5.91 Å². The highest BCUT2D eigenvalue weighted by Crippen LogP contribution is 2.29. The van der Waals surface area contributed by atoms with Gasteiger partial charge in [-0.1, -0.05) is 31.4 Å². The highest BCUT2D eigenvalue weighted by Gasteiger charge is 2.14. The first-order valence-corrected chi connectivity index (χ1v) is 10.7. The van der Waals surface area contributed by atoms with Gasteiger partial charge >= 0.3 is 0 Å². The summed E-state index contributed by atoms with van der Waals surface area (Å²) in [4.78, 5) is 16.6. The van der Waals surface area contributed by atoms with Crippen LogP contribution in [0.5, 0.6) is 5.75 Å². The topological polar surface area (TPSA) is 51.2 Å². The molecule has 3 rings (SSSR count). The quantitative estimate of drug-likeness (QED) is 0.720. The van der Waals surface area contributed by atoms with E-state index in [1.807, 2.05) is 41.4 Å². The molecule has 1 saturated carbocycles. The van der Waals surface area contributed by atoms with E-state index in [1.54, 1.807) is 7.11 Å². The molecule has 0 unspecified atom stereocenters. The number of benzene rings is 1. The Hall–Kier alpha value is -1.53. The molecule has 1 aromatic heterocycles. The molecular weight excluding hydrogens is 352 g/mol. The summed E-state index contributed by atoms with van der Waals surface area (Å²) in [5.41, 5.74) is 1.85. The van der Waals surface area contributed by atoms with E-state index in [1.165, 1.54) is 43.4 Å². The van der Waals surface area contributed by atoms with E-state index in [4.69, 9.17) is 4.74 Å². The number of nitrogens with one attached hydrogen (secondary N) is 1. The van der Waals surface area contributed by atoms with Crippen LogP contribution in [0.25, 0.3) is 11.3 Å². The number of carbonyl (C=O) groups excluding carboxylic acids is 1. The van der Waals surface area contributed by atoms with E-state index in [0.717, 1.165) is 28.0 Å². The lowest BCUT2D eigenvalue weighted by Crippen LogP contribution is -2.14. The second-order valence-corrected chi connectivity index (χ2v) is 8.47. The van der Waals surface area contributed by atoms with E-state index >= 15 is 0 Å². The van der Waals surface area contributed by atoms with Crippen LogP contribution in [0.15, 0.2) is 29.6 Å². The Labute approximate surface area is 157 Å². The maximum Gasteiger partial charge on any atom is 0.226 e. The lowest BCUT2D eigenvalue weighted by Gasteiger charge is -2.20. The van der Waals surface area contributed by atoms with Crippen molar-refractivity contribution in [3.8, 4) is 17.0 Å². The second kappa shape index (κ2) is 9.25. The molecule has 1 aliphatic carbocycles. The van der Waals surface area contributed by atoms with Crippen LogP contribution in [0.4, 0.5) is 5.13 Å². The Bertz CT molecular complexity index is 696. The van der Waals surface area contributed by atoms with Gasteiger partial charge in [0.05, 0.1) is 12.8 Å². The third-order valence-corrected chi connectivity index (χ3v) is 6.49. The largest absolute Gasteiger partial charge is 0.497 e. The van der Waals surface area contributed by atoms with Crippen LogP contribution in [0.2, 0.25) is 0 Å². The minimum atomic E-state index is 0.0508. The fourth-order valence-electron chi connectivity index (χ4n) is 2.98. The summed E-state index contributed by atoms with van der Waals surface area (Å²) in [5, 5.41) is 6.29. The molecule has 25 heavy (non-hydrogen) atoms. The van der Waals surface area contributed by atoms with Gasteiger partial charge in [0.15, 0.2) is 5.13 Å². The third kappa shape index (κ3) is 5.47. The Morgan fingerprint density at radius 1 is 1.36 bits per heavy atom. The van der Waals surface area contributed by atoms with Gasteiger partial charge in [0.25, 0.3) is 0 Å². The van der Waals surface area contributed by atoms with E-state index < -0.39 is 0 Å². The number of anilines is 1. The SMILES string of the molecule is COc1cccc(-c2csc(NC(=O)CCSC3CCCCC3)n2)c1. The van der Waals surface area contributed by atoms with Crippen LogP contribution < -0.4 is 10.1 Å². The molecule has 6 heteroatoms. The molecule has 0 spiro atoms. The van der Waals surface area contributed by atoms with Crippen molar-refractivity contribution in [2.45, 2.75) is 43.8 Å². The Kier molecular flexibility index (Phi) is 6.76. The number of hydrogen-bond donors (Lipinski definition) is 1. The van der Waals surface area contributed by atoms with E-state index in [0.29, 0.717) is 11.6 Å². The molecular formula is C19H24N2O2S2. The molecule has 0 aliphatic heterocycles. The third-order valence-electron chi connectivity index (χ3n) is 4.35. The molecule has 1 N–H and O–H groups in total. The van der Waals surface area contributed by atoms with Gasteiger partial charge in [-0.25, -0.2) is 4.98 Å². The first kappa shape index (κ1) is 18.3. The summed E-state index contributed by atoms with van der Waals surface area (Å²) < 4.78 is 5.25. The number of aromatic nitrogens is 1. The van der Waals surface area contributed by atoms with Crippen molar-refractivity contribution >= 4 is 34.1 Å². The van der Waals surface area contributed by atoms with Crippen molar-refractivity contribution in [3.05, 3.63) is 29.6 Å². The zero-order valence-electron chi connectivity index (χ0n) is 14.5. The molecule has 1 aliphatic rings. The zero-order chi connectivity index (χ0) is 17.5. The zero-order valence-corrected chi connectivity index (χ0v) is 16.1. The van der Waals surface area contributed by atoms with Crippen LogP contribution in [0, 0.1) is 0 Å². The van der Waals surface area contributed by atoms with Crippen molar-refractivity contribution in [1.82, 2.24) is 4.98 Å². The molecule has 0 radical (unpaired) electrons. The number of ether oxygens (including phenoxy) is 1. The summed E-state index contributed by atoms with van der Waals surface area (Å²) >= 11 is 3.41. The normalized spacial score (nSPS) is 15.1. The van der Waals surface area contributed by atoms with Crippen LogP contribution >= 0.6 is 23.1 Å². The molecule has 0 bridgehead atoms. The number of rotatable bonds is 7. The number of thioether (sulfide) groups is 1. The molecule has 1 fully saturated rings. The highest BCUT2D eigenvalue weighted by molar-refractivity contribution is 7.99. The van der Waals surface area contributed by atoms with Gasteiger partial charge in [-0.15, -0.1) is 11.3 Å². The summed E-state index contributed by atoms with van der Waals surface area (Å²) in [5.74, 6) is 1.75. The summed E-state index contributed by atoms with van der Waals surface area (Å²) in [6, 6.07) is 7.78. The van der Waals surface area contributed by atoms with Crippen molar-refractivity contribution in [2.24, 2.45) is 0 Å². The standard InChI is InChI=1S/C19H24N2O2S2/c1-23-15-7-5-6-14(12-15)17-13-25-19(20-17)21-18(22)10-11-24-16-8-3-2-4-9-16/h5-7,12-13,16H,2-4,8-11H2,1H3,(H,20,21,22). The molecule has 134 valence electrons. The van der Waals surface area contributed by atoms with E-state index in [2.05, 4.69) is 10.3 Å². The van der Waals surface area contributed by atoms with Gasteiger partial charge in [0.1, 0.15) is 5.75 Å². The maximum absolute atomic E-state index is 12.1. The first-order chi connectivity index (χ1) is 12.2. The summed E-state index contributed by atoms with van der Waals surface area (Å²) in [7, 11) is 1.65. The highest BCUT2D eigenvalue weighted by atomic mass is 32.2. The Morgan fingerprint density at radius 3 is 3.00 bits per heavy atom. The molecule has 1 aromatic carbocycles. The fraction of sp³-hybridized carbons (Fsp3) is 0.474. The van der Waals surface area contributed by atoms with Crippen LogP contribution in [-0.2, 0) is 4.79 Å². The minimum absolute atomic E-state index is 0.0508. The number of carbonyl (C=O) groups is 1. The van der Waals surface area contributed by atoms with Gasteiger partial charge in [-0.2, -0.15) is 11.8 Å². The predicted molar refractivity (Wildman–Crippen MR) is 107 cm³/mol. The maximum atomic E-state index is 12.1. The number of thiazole rings is 1. The molecule has 4 nitrogen and oxygen atoms in total. The van der Waals surface area contributed by atoms with Crippen molar-refractivity contribution < 1.29 is 9.53 Å². The monoisotopic (exact) mass is 376 g/mol. The predicted octanol–water partition coefficient (Wildman–Crippen LogP) is 5.21. The molecule has 2 aromatic rings. The van der Waals surface area contributed by atoms with Crippen molar-refractivity contribution in [1.29, 1.82) is 0 Å². The average molecular weight is 377 g/mol.